The van der Waals surface area contributed by atoms with Gasteiger partial charge in [-0.15, -0.1) is 0 Å². The molecule has 4 aromatic rings. The molecule has 3 aromatic carbocycles. The molecule has 34 heavy (non-hydrogen) atoms. The first kappa shape index (κ1) is 23.4. The molecular weight excluding hydrogens is 464 g/mol. The molecule has 0 saturated carbocycles. The number of anilines is 1. The third-order valence-electron chi connectivity index (χ3n) is 5.34. The monoisotopic (exact) mass is 485 g/mol. The Bertz CT molecular complexity index is 1430. The summed E-state index contributed by atoms with van der Waals surface area (Å²) in [5, 5.41) is 0. The van der Waals surface area contributed by atoms with Gasteiger partial charge < -0.3 is 4.74 Å². The molecule has 0 atom stereocenters. The summed E-state index contributed by atoms with van der Waals surface area (Å²) in [6, 6.07) is 18.6. The number of imidazole rings is 1. The summed E-state index contributed by atoms with van der Waals surface area (Å²) in [6.45, 7) is -1.42. The van der Waals surface area contributed by atoms with Gasteiger partial charge in [-0.1, -0.05) is 29.8 Å². The highest BCUT2D eigenvalue weighted by atomic mass is 32.2. The highest BCUT2D eigenvalue weighted by Crippen LogP contribution is 2.25. The molecule has 0 spiro atoms. The van der Waals surface area contributed by atoms with Gasteiger partial charge in [-0.2, -0.15) is 8.78 Å². The van der Waals surface area contributed by atoms with Crippen LogP contribution >= 0.6 is 0 Å². The number of halogens is 2. The molecule has 10 heteroatoms. The zero-order valence-electron chi connectivity index (χ0n) is 18.4. The van der Waals surface area contributed by atoms with Crippen molar-refractivity contribution in [3.05, 3.63) is 89.7 Å². The first-order valence-corrected chi connectivity index (χ1v) is 11.7. The molecule has 0 aliphatic carbocycles. The van der Waals surface area contributed by atoms with E-state index in [1.54, 1.807) is 30.3 Å². The minimum Gasteiger partial charge on any atom is -0.454 e. The van der Waals surface area contributed by atoms with Crippen LogP contribution in [0.1, 0.15) is 28.3 Å². The van der Waals surface area contributed by atoms with Crippen molar-refractivity contribution < 1.29 is 26.7 Å². The van der Waals surface area contributed by atoms with Crippen molar-refractivity contribution in [2.24, 2.45) is 0 Å². The normalized spacial score (nSPS) is 11.7. The van der Waals surface area contributed by atoms with Crippen molar-refractivity contribution in [3.8, 4) is 0 Å². The summed E-state index contributed by atoms with van der Waals surface area (Å²) in [5.74, 6) is -0.825. The van der Waals surface area contributed by atoms with E-state index in [1.165, 1.54) is 49.5 Å². The number of esters is 1. The first-order valence-electron chi connectivity index (χ1n) is 10.3. The van der Waals surface area contributed by atoms with Crippen LogP contribution in [0.2, 0.25) is 0 Å². The molecule has 4 rings (SSSR count). The minimum absolute atomic E-state index is 0.0786. The summed E-state index contributed by atoms with van der Waals surface area (Å²) in [4.78, 5) is 16.7. The van der Waals surface area contributed by atoms with Gasteiger partial charge in [-0.05, 0) is 55.5 Å². The molecule has 0 bridgehead atoms. The number of aryl methyl sites for hydroxylation is 1. The fourth-order valence-corrected chi connectivity index (χ4v) is 4.64. The van der Waals surface area contributed by atoms with Gasteiger partial charge in [0.2, 0.25) is 0 Å². The van der Waals surface area contributed by atoms with Crippen molar-refractivity contribution >= 4 is 32.7 Å². The summed E-state index contributed by atoms with van der Waals surface area (Å²) < 4.78 is 59.8. The van der Waals surface area contributed by atoms with E-state index < -0.39 is 29.1 Å². The largest absolute Gasteiger partial charge is 0.454 e. The summed E-state index contributed by atoms with van der Waals surface area (Å²) in [7, 11) is -2.36. The highest BCUT2D eigenvalue weighted by molar-refractivity contribution is 7.92. The lowest BCUT2D eigenvalue weighted by Gasteiger charge is -2.20. The van der Waals surface area contributed by atoms with Crippen molar-refractivity contribution in [2.75, 3.05) is 11.4 Å². The molecule has 0 saturated heterocycles. The number of nitrogens with zero attached hydrogens (tertiary/aromatic N) is 3. The van der Waals surface area contributed by atoms with E-state index in [1.807, 2.05) is 6.92 Å². The number of ether oxygens (including phenoxy) is 1. The first-order chi connectivity index (χ1) is 16.2. The van der Waals surface area contributed by atoms with Crippen molar-refractivity contribution in [1.29, 1.82) is 0 Å². The van der Waals surface area contributed by atoms with E-state index in [-0.39, 0.29) is 21.8 Å². The molecule has 0 N–H and O–H groups in total. The fraction of sp³-hybridized carbons (Fsp3) is 0.167. The Hall–Kier alpha value is -3.79. The van der Waals surface area contributed by atoms with Crippen LogP contribution in [-0.2, 0) is 21.4 Å². The van der Waals surface area contributed by atoms with Crippen LogP contribution in [0.5, 0.6) is 0 Å². The summed E-state index contributed by atoms with van der Waals surface area (Å²) in [5.41, 5.74) is 2.04. The van der Waals surface area contributed by atoms with Gasteiger partial charge in [0.1, 0.15) is 6.61 Å². The Balaban J connectivity index is 1.48. The van der Waals surface area contributed by atoms with E-state index in [9.17, 15) is 22.0 Å². The molecule has 176 valence electrons. The fourth-order valence-electron chi connectivity index (χ4n) is 3.44. The number of sulfonamides is 1. The standard InChI is InChI=1S/C24H21F2N3O4S/c1-16-7-13-19(14-8-16)34(31,32)28(2)18-11-9-17(10-12-18)23(30)33-15-22-27-20-5-3-4-6-21(20)29(22)24(25)26/h3-14,24H,15H2,1-2H3. The van der Waals surface area contributed by atoms with Crippen molar-refractivity contribution in [3.63, 3.8) is 0 Å². The predicted octanol–water partition coefficient (Wildman–Crippen LogP) is 4.92. The molecule has 1 aromatic heterocycles. The number of para-hydroxylation sites is 2. The van der Waals surface area contributed by atoms with Crippen LogP contribution < -0.4 is 4.31 Å². The average Bonchev–Trinajstić information content (AvgIpc) is 3.21. The van der Waals surface area contributed by atoms with Crippen LogP contribution in [0.25, 0.3) is 11.0 Å². The van der Waals surface area contributed by atoms with E-state index in [2.05, 4.69) is 4.98 Å². The quantitative estimate of drug-likeness (QED) is 0.347. The topological polar surface area (TPSA) is 81.5 Å². The molecule has 0 amide bonds. The number of carbonyl (C=O) groups excluding carboxylic acids is 1. The number of fused-ring (bicyclic) bond motifs is 1. The maximum atomic E-state index is 13.5. The van der Waals surface area contributed by atoms with Crippen LogP contribution in [-0.4, -0.2) is 31.0 Å². The number of hydrogen-bond donors (Lipinski definition) is 0. The number of alkyl halides is 2. The highest BCUT2D eigenvalue weighted by Gasteiger charge is 2.22. The second-order valence-electron chi connectivity index (χ2n) is 7.57. The number of aromatic nitrogens is 2. The van der Waals surface area contributed by atoms with Crippen molar-refractivity contribution in [2.45, 2.75) is 25.0 Å². The molecule has 7 nitrogen and oxygen atoms in total. The molecule has 0 unspecified atom stereocenters. The van der Waals surface area contributed by atoms with Crippen molar-refractivity contribution in [1.82, 2.24) is 9.55 Å². The van der Waals surface area contributed by atoms with E-state index in [0.717, 1.165) is 14.4 Å². The molecule has 0 aliphatic rings. The van der Waals surface area contributed by atoms with Gasteiger partial charge in [0.15, 0.2) is 5.82 Å². The third-order valence-corrected chi connectivity index (χ3v) is 7.14. The Morgan fingerprint density at radius 2 is 1.68 bits per heavy atom. The number of carbonyl (C=O) groups is 1. The minimum atomic E-state index is -3.78. The van der Waals surface area contributed by atoms with Crippen LogP contribution in [0.3, 0.4) is 0 Å². The Morgan fingerprint density at radius 3 is 2.32 bits per heavy atom. The van der Waals surface area contributed by atoms with Crippen LogP contribution in [0, 0.1) is 6.92 Å². The SMILES string of the molecule is Cc1ccc(S(=O)(=O)N(C)c2ccc(C(=O)OCc3nc4ccccc4n3C(F)F)cc2)cc1. The maximum absolute atomic E-state index is 13.5. The summed E-state index contributed by atoms with van der Waals surface area (Å²) >= 11 is 0. The number of rotatable bonds is 7. The second kappa shape index (κ2) is 9.22. The lowest BCUT2D eigenvalue weighted by Crippen LogP contribution is -2.26. The number of benzene rings is 3. The Morgan fingerprint density at radius 1 is 1.03 bits per heavy atom. The molecule has 0 aliphatic heterocycles. The van der Waals surface area contributed by atoms with Crippen LogP contribution in [0.15, 0.2) is 77.7 Å². The van der Waals surface area contributed by atoms with E-state index >= 15 is 0 Å². The predicted molar refractivity (Wildman–Crippen MR) is 123 cm³/mol. The average molecular weight is 486 g/mol. The number of hydrogen-bond acceptors (Lipinski definition) is 5. The van der Waals surface area contributed by atoms with Gasteiger partial charge >= 0.3 is 12.5 Å². The summed E-state index contributed by atoms with van der Waals surface area (Å²) in [6.07, 6.45) is 0. The smallest absolute Gasteiger partial charge is 0.338 e. The Labute approximate surface area is 195 Å². The lowest BCUT2D eigenvalue weighted by atomic mass is 10.2. The van der Waals surface area contributed by atoms with Gasteiger partial charge in [0.05, 0.1) is 27.2 Å². The van der Waals surface area contributed by atoms with Crippen LogP contribution in [0.4, 0.5) is 14.5 Å². The third kappa shape index (κ3) is 4.49. The lowest BCUT2D eigenvalue weighted by molar-refractivity contribution is 0.0387. The Kier molecular flexibility index (Phi) is 6.34. The van der Waals surface area contributed by atoms with E-state index in [0.29, 0.717) is 11.2 Å². The van der Waals surface area contributed by atoms with Gasteiger partial charge in [0.25, 0.3) is 10.0 Å². The molecule has 1 heterocycles. The zero-order chi connectivity index (χ0) is 24.5. The zero-order valence-corrected chi connectivity index (χ0v) is 19.2. The molecular formula is C24H21F2N3O4S. The van der Waals surface area contributed by atoms with Gasteiger partial charge in [-0.25, -0.2) is 18.2 Å². The second-order valence-corrected chi connectivity index (χ2v) is 9.54. The molecule has 0 fully saturated rings. The van der Waals surface area contributed by atoms with Gasteiger partial charge in [-0.3, -0.25) is 8.87 Å². The van der Waals surface area contributed by atoms with Gasteiger partial charge in [0, 0.05) is 7.05 Å². The van der Waals surface area contributed by atoms with E-state index in [4.69, 9.17) is 4.74 Å². The maximum Gasteiger partial charge on any atom is 0.338 e. The molecule has 0 radical (unpaired) electrons.